The van der Waals surface area contributed by atoms with Gasteiger partial charge in [-0.3, -0.25) is 4.79 Å². The summed E-state index contributed by atoms with van der Waals surface area (Å²) in [6.45, 7) is 1.50. The third-order valence-electron chi connectivity index (χ3n) is 4.86. The summed E-state index contributed by atoms with van der Waals surface area (Å²) >= 11 is 5.08. The monoisotopic (exact) mass is 386 g/mol. The summed E-state index contributed by atoms with van der Waals surface area (Å²) in [4.78, 5) is 26.8. The number of hydrogen-bond donors (Lipinski definition) is 2. The smallest absolute Gasteiger partial charge is 0.317 e. The second-order valence-electron chi connectivity index (χ2n) is 6.12. The summed E-state index contributed by atoms with van der Waals surface area (Å²) in [5, 5.41) is 12.5. The van der Waals surface area contributed by atoms with Gasteiger partial charge >= 0.3 is 12.0 Å². The van der Waals surface area contributed by atoms with E-state index in [1.165, 1.54) is 4.88 Å². The predicted molar refractivity (Wildman–Crippen MR) is 88.1 cm³/mol. The number of nitrogens with one attached hydrogen (secondary N) is 1. The van der Waals surface area contributed by atoms with E-state index >= 15 is 0 Å². The van der Waals surface area contributed by atoms with Gasteiger partial charge in [0.2, 0.25) is 0 Å². The molecule has 0 radical (unpaired) electrons. The minimum Gasteiger partial charge on any atom is -0.481 e. The first-order valence-corrected chi connectivity index (χ1v) is 9.12. The summed E-state index contributed by atoms with van der Waals surface area (Å²) < 4.78 is 1.09. The van der Waals surface area contributed by atoms with Gasteiger partial charge in [0, 0.05) is 24.5 Å². The number of fused-ring (bicyclic) bond motifs is 1. The molecular formula is C15H19BrN2O3S. The van der Waals surface area contributed by atoms with Gasteiger partial charge < -0.3 is 15.3 Å². The second-order valence-corrected chi connectivity index (χ2v) is 8.67. The van der Waals surface area contributed by atoms with Gasteiger partial charge in [0.1, 0.15) is 0 Å². The zero-order chi connectivity index (χ0) is 15.7. The average molecular weight is 387 g/mol. The molecule has 0 aromatic carbocycles. The Kier molecular flexibility index (Phi) is 4.45. The number of thiophene rings is 1. The largest absolute Gasteiger partial charge is 0.481 e. The fourth-order valence-corrected chi connectivity index (χ4v) is 5.17. The fourth-order valence-electron chi connectivity index (χ4n) is 3.68. The van der Waals surface area contributed by atoms with Crippen LogP contribution in [0, 0.1) is 11.3 Å². The molecular weight excluding hydrogens is 368 g/mol. The van der Waals surface area contributed by atoms with Crippen molar-refractivity contribution in [1.29, 1.82) is 0 Å². The highest BCUT2D eigenvalue weighted by molar-refractivity contribution is 9.11. The minimum atomic E-state index is -0.742. The average Bonchev–Trinajstić information content (AvgIpc) is 3.12. The molecule has 5 nitrogen and oxygen atoms in total. The van der Waals surface area contributed by atoms with Crippen LogP contribution in [-0.4, -0.2) is 41.6 Å². The van der Waals surface area contributed by atoms with Gasteiger partial charge in [-0.05, 0) is 53.2 Å². The molecule has 1 aromatic rings. The van der Waals surface area contributed by atoms with E-state index in [9.17, 15) is 14.7 Å². The van der Waals surface area contributed by atoms with Crippen molar-refractivity contribution in [3.63, 3.8) is 0 Å². The zero-order valence-electron chi connectivity index (χ0n) is 12.2. The lowest BCUT2D eigenvalue weighted by Gasteiger charge is -2.23. The molecule has 2 amide bonds. The first-order chi connectivity index (χ1) is 10.5. The first kappa shape index (κ1) is 15.8. The van der Waals surface area contributed by atoms with Gasteiger partial charge in [0.15, 0.2) is 0 Å². The van der Waals surface area contributed by atoms with E-state index in [0.29, 0.717) is 26.1 Å². The summed E-state index contributed by atoms with van der Waals surface area (Å²) in [6, 6.07) is 3.91. The Morgan fingerprint density at radius 1 is 1.50 bits per heavy atom. The van der Waals surface area contributed by atoms with Crippen LogP contribution in [0.5, 0.6) is 0 Å². The van der Waals surface area contributed by atoms with Gasteiger partial charge in [-0.25, -0.2) is 4.79 Å². The van der Waals surface area contributed by atoms with Gasteiger partial charge in [0.05, 0.1) is 9.20 Å². The van der Waals surface area contributed by atoms with Gasteiger partial charge in [-0.1, -0.05) is 6.42 Å². The Bertz CT molecular complexity index is 591. The quantitative estimate of drug-likeness (QED) is 0.835. The summed E-state index contributed by atoms with van der Waals surface area (Å²) in [6.07, 6.45) is 3.36. The predicted octanol–water partition coefficient (Wildman–Crippen LogP) is 2.95. The number of amides is 2. The standard InChI is InChI=1S/C15H19BrN2O3S/c16-12-4-3-11(22-12)5-7-17-14(21)18-8-10-2-1-6-15(10,9-18)13(19)20/h3-4,10H,1-2,5-9H2,(H,17,21)(H,19,20)/t10-,15+/m0/s1. The van der Waals surface area contributed by atoms with E-state index in [0.717, 1.165) is 23.0 Å². The van der Waals surface area contributed by atoms with E-state index in [2.05, 4.69) is 21.2 Å². The lowest BCUT2D eigenvalue weighted by atomic mass is 9.81. The Morgan fingerprint density at radius 2 is 2.32 bits per heavy atom. The molecule has 7 heteroatoms. The number of halogens is 1. The van der Waals surface area contributed by atoms with Gasteiger partial charge in [-0.15, -0.1) is 11.3 Å². The molecule has 0 bridgehead atoms. The highest BCUT2D eigenvalue weighted by Crippen LogP contribution is 2.48. The van der Waals surface area contributed by atoms with Crippen LogP contribution in [0.15, 0.2) is 15.9 Å². The molecule has 2 aliphatic rings. The van der Waals surface area contributed by atoms with Crippen molar-refractivity contribution >= 4 is 39.3 Å². The van der Waals surface area contributed by atoms with E-state index in [1.807, 2.05) is 12.1 Å². The van der Waals surface area contributed by atoms with Crippen molar-refractivity contribution in [2.75, 3.05) is 19.6 Å². The molecule has 1 saturated carbocycles. The molecule has 1 aliphatic carbocycles. The molecule has 3 rings (SSSR count). The van der Waals surface area contributed by atoms with Crippen molar-refractivity contribution < 1.29 is 14.7 Å². The zero-order valence-corrected chi connectivity index (χ0v) is 14.6. The maximum Gasteiger partial charge on any atom is 0.317 e. The number of hydrogen-bond acceptors (Lipinski definition) is 3. The molecule has 22 heavy (non-hydrogen) atoms. The Balaban J connectivity index is 1.52. The third-order valence-corrected chi connectivity index (χ3v) is 6.54. The van der Waals surface area contributed by atoms with E-state index in [-0.39, 0.29) is 11.9 Å². The number of carboxylic acid groups (broad SMARTS) is 1. The Hall–Kier alpha value is -1.08. The number of rotatable bonds is 4. The number of carbonyl (C=O) groups is 2. The highest BCUT2D eigenvalue weighted by atomic mass is 79.9. The van der Waals surface area contributed by atoms with E-state index < -0.39 is 11.4 Å². The van der Waals surface area contributed by atoms with Crippen molar-refractivity contribution in [2.45, 2.75) is 25.7 Å². The van der Waals surface area contributed by atoms with Crippen LogP contribution in [0.3, 0.4) is 0 Å². The maximum absolute atomic E-state index is 12.3. The number of carbonyl (C=O) groups excluding carboxylic acids is 1. The van der Waals surface area contributed by atoms with Crippen LogP contribution >= 0.6 is 27.3 Å². The van der Waals surface area contributed by atoms with Crippen LogP contribution < -0.4 is 5.32 Å². The SMILES string of the molecule is O=C(NCCc1ccc(Br)s1)N1C[C@@H]2CCC[C@@]2(C(=O)O)C1. The molecule has 2 N–H and O–H groups in total. The van der Waals surface area contributed by atoms with E-state index in [4.69, 9.17) is 0 Å². The number of aliphatic carboxylic acids is 1. The second kappa shape index (κ2) is 6.20. The summed E-state index contributed by atoms with van der Waals surface area (Å²) in [5.74, 6) is -0.627. The lowest BCUT2D eigenvalue weighted by molar-refractivity contribution is -0.149. The van der Waals surface area contributed by atoms with Crippen LogP contribution in [0.1, 0.15) is 24.1 Å². The minimum absolute atomic E-state index is 0.115. The number of urea groups is 1. The first-order valence-electron chi connectivity index (χ1n) is 7.52. The molecule has 2 atom stereocenters. The topological polar surface area (TPSA) is 69.6 Å². The maximum atomic E-state index is 12.3. The molecule has 1 saturated heterocycles. The van der Waals surface area contributed by atoms with Gasteiger partial charge in [0.25, 0.3) is 0 Å². The summed E-state index contributed by atoms with van der Waals surface area (Å²) in [5.41, 5.74) is -0.698. The molecule has 0 spiro atoms. The molecule has 2 heterocycles. The van der Waals surface area contributed by atoms with Crippen LogP contribution in [0.4, 0.5) is 4.79 Å². The highest BCUT2D eigenvalue weighted by Gasteiger charge is 2.55. The fraction of sp³-hybridized carbons (Fsp3) is 0.600. The van der Waals surface area contributed by atoms with Crippen LogP contribution in [0.2, 0.25) is 0 Å². The number of carboxylic acids is 1. The molecule has 1 aliphatic heterocycles. The Labute approximate surface area is 141 Å². The van der Waals surface area contributed by atoms with Gasteiger partial charge in [-0.2, -0.15) is 0 Å². The third kappa shape index (κ3) is 2.88. The van der Waals surface area contributed by atoms with Crippen LogP contribution in [0.25, 0.3) is 0 Å². The normalized spacial score (nSPS) is 27.0. The molecule has 120 valence electrons. The number of likely N-dealkylation sites (tertiary alicyclic amines) is 1. The Morgan fingerprint density at radius 3 is 2.95 bits per heavy atom. The summed E-state index contributed by atoms with van der Waals surface area (Å²) in [7, 11) is 0. The van der Waals surface area contributed by atoms with Crippen molar-refractivity contribution in [3.8, 4) is 0 Å². The molecule has 1 aromatic heterocycles. The lowest BCUT2D eigenvalue weighted by Crippen LogP contribution is -2.42. The van der Waals surface area contributed by atoms with Crippen molar-refractivity contribution in [1.82, 2.24) is 10.2 Å². The van der Waals surface area contributed by atoms with Crippen molar-refractivity contribution in [3.05, 3.63) is 20.8 Å². The van der Waals surface area contributed by atoms with E-state index in [1.54, 1.807) is 16.2 Å². The molecule has 2 fully saturated rings. The number of nitrogens with zero attached hydrogens (tertiary/aromatic N) is 1. The van der Waals surface area contributed by atoms with Crippen LogP contribution in [-0.2, 0) is 11.2 Å². The van der Waals surface area contributed by atoms with Crippen molar-refractivity contribution in [2.24, 2.45) is 11.3 Å². The molecule has 0 unspecified atom stereocenters.